The molecule has 0 radical (unpaired) electrons. The van der Waals surface area contributed by atoms with Crippen LogP contribution in [-0.4, -0.2) is 32.1 Å². The van der Waals surface area contributed by atoms with Crippen molar-refractivity contribution in [3.63, 3.8) is 0 Å². The summed E-state index contributed by atoms with van der Waals surface area (Å²) >= 11 is 0. The molecule has 1 aromatic carbocycles. The summed E-state index contributed by atoms with van der Waals surface area (Å²) in [5, 5.41) is 3.44. The second-order valence-corrected chi connectivity index (χ2v) is 4.27. The molecule has 0 saturated carbocycles. The third-order valence-electron chi connectivity index (χ3n) is 2.61. The maximum atomic E-state index is 13.1. The first kappa shape index (κ1) is 13.1. The molecule has 0 amide bonds. The van der Waals surface area contributed by atoms with Crippen LogP contribution in [0.3, 0.4) is 0 Å². The van der Waals surface area contributed by atoms with Crippen LogP contribution in [0.25, 0.3) is 0 Å². The zero-order valence-corrected chi connectivity index (χ0v) is 10.3. The van der Waals surface area contributed by atoms with Crippen molar-refractivity contribution in [2.75, 3.05) is 27.2 Å². The van der Waals surface area contributed by atoms with Gasteiger partial charge in [0.15, 0.2) is 0 Å². The van der Waals surface area contributed by atoms with E-state index in [0.717, 1.165) is 25.1 Å². The summed E-state index contributed by atoms with van der Waals surface area (Å²) in [6.07, 6.45) is 0.969. The maximum absolute atomic E-state index is 13.1. The highest BCUT2D eigenvalue weighted by Crippen LogP contribution is 2.16. The molecular weight excluding hydrogens is 203 g/mol. The number of hydrogen-bond donors (Lipinski definition) is 1. The van der Waals surface area contributed by atoms with Gasteiger partial charge < -0.3 is 10.2 Å². The molecule has 90 valence electrons. The van der Waals surface area contributed by atoms with Gasteiger partial charge in [-0.15, -0.1) is 0 Å². The highest BCUT2D eigenvalue weighted by atomic mass is 19.1. The average molecular weight is 224 g/mol. The molecule has 0 aromatic heterocycles. The molecule has 1 N–H and O–H groups in total. The number of rotatable bonds is 6. The Hall–Kier alpha value is -0.930. The van der Waals surface area contributed by atoms with Gasteiger partial charge in [0, 0.05) is 19.1 Å². The average Bonchev–Trinajstić information content (AvgIpc) is 2.24. The number of hydrogen-bond acceptors (Lipinski definition) is 2. The van der Waals surface area contributed by atoms with Crippen molar-refractivity contribution in [3.05, 3.63) is 35.6 Å². The Kier molecular flexibility index (Phi) is 5.43. The van der Waals surface area contributed by atoms with Crippen LogP contribution < -0.4 is 5.32 Å². The summed E-state index contributed by atoms with van der Waals surface area (Å²) in [5.41, 5.74) is 1.03. The van der Waals surface area contributed by atoms with Crippen molar-refractivity contribution in [3.8, 4) is 0 Å². The molecule has 1 rings (SSSR count). The Balaban J connectivity index is 2.53. The topological polar surface area (TPSA) is 15.3 Å². The highest BCUT2D eigenvalue weighted by molar-refractivity contribution is 5.19. The minimum absolute atomic E-state index is 0.162. The molecule has 0 aliphatic rings. The van der Waals surface area contributed by atoms with E-state index in [4.69, 9.17) is 0 Å². The molecule has 1 atom stereocenters. The smallest absolute Gasteiger partial charge is 0.123 e. The molecule has 0 spiro atoms. The van der Waals surface area contributed by atoms with E-state index in [1.54, 1.807) is 12.1 Å². The van der Waals surface area contributed by atoms with Crippen molar-refractivity contribution in [1.29, 1.82) is 0 Å². The monoisotopic (exact) mass is 224 g/mol. The van der Waals surface area contributed by atoms with E-state index < -0.39 is 0 Å². The van der Waals surface area contributed by atoms with Gasteiger partial charge >= 0.3 is 0 Å². The minimum atomic E-state index is -0.162. The van der Waals surface area contributed by atoms with Gasteiger partial charge in [-0.25, -0.2) is 4.39 Å². The summed E-state index contributed by atoms with van der Waals surface area (Å²) < 4.78 is 13.1. The number of nitrogens with zero attached hydrogens (tertiary/aromatic N) is 1. The van der Waals surface area contributed by atoms with E-state index in [1.165, 1.54) is 6.07 Å². The Morgan fingerprint density at radius 3 is 2.69 bits per heavy atom. The second kappa shape index (κ2) is 6.61. The van der Waals surface area contributed by atoms with Gasteiger partial charge in [-0.3, -0.25) is 0 Å². The van der Waals surface area contributed by atoms with Gasteiger partial charge in [-0.05, 0) is 38.2 Å². The molecule has 2 nitrogen and oxygen atoms in total. The minimum Gasteiger partial charge on any atom is -0.309 e. The summed E-state index contributed by atoms with van der Waals surface area (Å²) in [6, 6.07) is 7.07. The van der Waals surface area contributed by atoms with Crippen molar-refractivity contribution < 1.29 is 4.39 Å². The predicted octanol–water partition coefficient (Wildman–Crippen LogP) is 2.43. The molecule has 0 heterocycles. The van der Waals surface area contributed by atoms with Gasteiger partial charge in [0.1, 0.15) is 5.82 Å². The zero-order valence-electron chi connectivity index (χ0n) is 10.3. The molecule has 0 bridgehead atoms. The molecule has 0 aliphatic carbocycles. The Labute approximate surface area is 97.5 Å². The summed E-state index contributed by atoms with van der Waals surface area (Å²) in [4.78, 5) is 2.13. The standard InChI is InChI=1S/C13H21FN2/c1-4-13(15-8-9-16(2)3)11-6-5-7-12(14)10-11/h5-7,10,13,15H,4,8-9H2,1-3H3. The molecular formula is C13H21FN2. The van der Waals surface area contributed by atoms with Crippen molar-refractivity contribution >= 4 is 0 Å². The van der Waals surface area contributed by atoms with Crippen LogP contribution in [0.5, 0.6) is 0 Å². The summed E-state index contributed by atoms with van der Waals surface area (Å²) in [7, 11) is 4.09. The van der Waals surface area contributed by atoms with E-state index >= 15 is 0 Å². The quantitative estimate of drug-likeness (QED) is 0.798. The number of nitrogens with one attached hydrogen (secondary N) is 1. The lowest BCUT2D eigenvalue weighted by molar-refractivity contribution is 0.382. The second-order valence-electron chi connectivity index (χ2n) is 4.27. The Morgan fingerprint density at radius 2 is 2.12 bits per heavy atom. The maximum Gasteiger partial charge on any atom is 0.123 e. The number of halogens is 1. The van der Waals surface area contributed by atoms with Crippen LogP contribution in [0, 0.1) is 5.82 Å². The third-order valence-corrected chi connectivity index (χ3v) is 2.61. The van der Waals surface area contributed by atoms with Crippen molar-refractivity contribution in [2.45, 2.75) is 19.4 Å². The number of likely N-dealkylation sites (N-methyl/N-ethyl adjacent to an activating group) is 1. The van der Waals surface area contributed by atoms with Crippen LogP contribution in [0.1, 0.15) is 24.9 Å². The molecule has 0 aliphatic heterocycles. The fraction of sp³-hybridized carbons (Fsp3) is 0.538. The van der Waals surface area contributed by atoms with Crippen LogP contribution in [0.2, 0.25) is 0 Å². The van der Waals surface area contributed by atoms with Crippen LogP contribution in [0.15, 0.2) is 24.3 Å². The first-order chi connectivity index (χ1) is 7.63. The van der Waals surface area contributed by atoms with E-state index in [-0.39, 0.29) is 11.9 Å². The first-order valence-corrected chi connectivity index (χ1v) is 5.77. The molecule has 16 heavy (non-hydrogen) atoms. The van der Waals surface area contributed by atoms with Gasteiger partial charge in [-0.1, -0.05) is 19.1 Å². The fourth-order valence-corrected chi connectivity index (χ4v) is 1.68. The lowest BCUT2D eigenvalue weighted by Gasteiger charge is -2.19. The molecule has 1 aromatic rings. The van der Waals surface area contributed by atoms with Crippen molar-refractivity contribution in [2.24, 2.45) is 0 Å². The summed E-state index contributed by atoms with van der Waals surface area (Å²) in [6.45, 7) is 4.02. The van der Waals surface area contributed by atoms with Gasteiger partial charge in [0.25, 0.3) is 0 Å². The largest absolute Gasteiger partial charge is 0.309 e. The van der Waals surface area contributed by atoms with Gasteiger partial charge in [-0.2, -0.15) is 0 Å². The SMILES string of the molecule is CCC(NCCN(C)C)c1cccc(F)c1. The van der Waals surface area contributed by atoms with Crippen LogP contribution in [-0.2, 0) is 0 Å². The van der Waals surface area contributed by atoms with Crippen molar-refractivity contribution in [1.82, 2.24) is 10.2 Å². The zero-order chi connectivity index (χ0) is 12.0. The fourth-order valence-electron chi connectivity index (χ4n) is 1.68. The van der Waals surface area contributed by atoms with Gasteiger partial charge in [0.05, 0.1) is 0 Å². The first-order valence-electron chi connectivity index (χ1n) is 5.77. The van der Waals surface area contributed by atoms with E-state index in [1.807, 2.05) is 20.2 Å². The highest BCUT2D eigenvalue weighted by Gasteiger charge is 2.08. The summed E-state index contributed by atoms with van der Waals surface area (Å²) in [5.74, 6) is -0.162. The van der Waals surface area contributed by atoms with Crippen LogP contribution >= 0.6 is 0 Å². The Morgan fingerprint density at radius 1 is 1.38 bits per heavy atom. The molecule has 1 unspecified atom stereocenters. The molecule has 0 saturated heterocycles. The predicted molar refractivity (Wildman–Crippen MR) is 66.0 cm³/mol. The van der Waals surface area contributed by atoms with Crippen LogP contribution in [0.4, 0.5) is 4.39 Å². The van der Waals surface area contributed by atoms with E-state index in [9.17, 15) is 4.39 Å². The van der Waals surface area contributed by atoms with E-state index in [0.29, 0.717) is 0 Å². The molecule has 0 fully saturated rings. The van der Waals surface area contributed by atoms with Gasteiger partial charge in [0.2, 0.25) is 0 Å². The third kappa shape index (κ3) is 4.29. The molecule has 3 heteroatoms. The Bertz CT molecular complexity index is 313. The number of benzene rings is 1. The normalized spacial score (nSPS) is 13.1. The lowest BCUT2D eigenvalue weighted by atomic mass is 10.0. The lowest BCUT2D eigenvalue weighted by Crippen LogP contribution is -2.29. The van der Waals surface area contributed by atoms with E-state index in [2.05, 4.69) is 17.1 Å².